The molecule has 0 aliphatic carbocycles. The Hall–Kier alpha value is -1.10. The highest BCUT2D eigenvalue weighted by molar-refractivity contribution is 5.78. The normalized spacial score (nSPS) is 15.8. The molecule has 0 saturated heterocycles. The Balaban J connectivity index is 3.71. The van der Waals surface area contributed by atoms with E-state index in [1.165, 1.54) is 0 Å². The van der Waals surface area contributed by atoms with Gasteiger partial charge in [0.05, 0.1) is 5.92 Å². The van der Waals surface area contributed by atoms with Crippen molar-refractivity contribution in [3.05, 3.63) is 0 Å². The van der Waals surface area contributed by atoms with Gasteiger partial charge < -0.3 is 16.2 Å². The first-order valence-electron chi connectivity index (χ1n) is 6.60. The Morgan fingerprint density at radius 3 is 2.22 bits per heavy atom. The van der Waals surface area contributed by atoms with E-state index in [4.69, 9.17) is 10.8 Å². The highest BCUT2D eigenvalue weighted by atomic mass is 16.4. The molecule has 0 radical (unpaired) electrons. The second-order valence-corrected chi connectivity index (χ2v) is 5.13. The smallest absolute Gasteiger partial charge is 0.306 e. The first-order valence-corrected chi connectivity index (χ1v) is 6.60. The zero-order valence-electron chi connectivity index (χ0n) is 11.6. The van der Waals surface area contributed by atoms with Crippen LogP contribution in [0, 0.1) is 11.8 Å². The number of nitrogens with two attached hydrogens (primary N) is 1. The molecule has 4 N–H and O–H groups in total. The average Bonchev–Trinajstić information content (AvgIpc) is 2.27. The molecule has 106 valence electrons. The van der Waals surface area contributed by atoms with Crippen molar-refractivity contribution in [2.45, 2.75) is 52.5 Å². The van der Waals surface area contributed by atoms with Gasteiger partial charge in [-0.3, -0.25) is 9.59 Å². The molecule has 0 aromatic carbocycles. The number of hydrogen-bond donors (Lipinski definition) is 3. The fraction of sp³-hybridized carbons (Fsp3) is 0.846. The van der Waals surface area contributed by atoms with Gasteiger partial charge in [-0.05, 0) is 26.2 Å². The van der Waals surface area contributed by atoms with Crippen LogP contribution >= 0.6 is 0 Å². The van der Waals surface area contributed by atoms with Crippen molar-refractivity contribution >= 4 is 11.9 Å². The van der Waals surface area contributed by atoms with E-state index in [-0.39, 0.29) is 17.9 Å². The lowest BCUT2D eigenvalue weighted by Crippen LogP contribution is -2.31. The van der Waals surface area contributed by atoms with E-state index in [9.17, 15) is 9.59 Å². The number of aliphatic carboxylic acids is 1. The molecule has 0 aliphatic rings. The van der Waals surface area contributed by atoms with E-state index in [1.54, 1.807) is 6.92 Å². The van der Waals surface area contributed by atoms with E-state index >= 15 is 0 Å². The topological polar surface area (TPSA) is 92.4 Å². The van der Waals surface area contributed by atoms with Crippen LogP contribution in [0.25, 0.3) is 0 Å². The predicted octanol–water partition coefficient (Wildman–Crippen LogP) is 1.37. The molecular weight excluding hydrogens is 232 g/mol. The lowest BCUT2D eigenvalue weighted by molar-refractivity contribution is -0.141. The molecule has 3 atom stereocenters. The summed E-state index contributed by atoms with van der Waals surface area (Å²) in [5.74, 6) is -1.28. The van der Waals surface area contributed by atoms with Crippen LogP contribution in [-0.2, 0) is 9.59 Å². The Morgan fingerprint density at radius 2 is 1.72 bits per heavy atom. The monoisotopic (exact) mass is 258 g/mol. The van der Waals surface area contributed by atoms with Crippen LogP contribution in [-0.4, -0.2) is 29.6 Å². The molecule has 0 aliphatic heterocycles. The summed E-state index contributed by atoms with van der Waals surface area (Å²) >= 11 is 0. The Morgan fingerprint density at radius 1 is 1.11 bits per heavy atom. The van der Waals surface area contributed by atoms with E-state index in [0.717, 1.165) is 19.3 Å². The van der Waals surface area contributed by atoms with Crippen molar-refractivity contribution in [1.29, 1.82) is 0 Å². The Kier molecular flexibility index (Phi) is 8.37. The molecule has 1 amide bonds. The fourth-order valence-electron chi connectivity index (χ4n) is 1.59. The second-order valence-electron chi connectivity index (χ2n) is 5.13. The molecule has 5 nitrogen and oxygen atoms in total. The molecule has 0 spiro atoms. The number of carboxylic acid groups (broad SMARTS) is 1. The maximum Gasteiger partial charge on any atom is 0.306 e. The zero-order valence-corrected chi connectivity index (χ0v) is 11.6. The molecule has 18 heavy (non-hydrogen) atoms. The van der Waals surface area contributed by atoms with Gasteiger partial charge in [0, 0.05) is 18.5 Å². The second kappa shape index (κ2) is 8.91. The standard InChI is InChI=1S/C13H26N2O3/c1-9(5-4-6-11(3)14)12(16)15-8-7-10(2)13(17)18/h9-11H,4-8,14H2,1-3H3,(H,15,16)(H,17,18). The molecule has 0 heterocycles. The van der Waals surface area contributed by atoms with Crippen molar-refractivity contribution in [3.63, 3.8) is 0 Å². The van der Waals surface area contributed by atoms with Gasteiger partial charge in [-0.25, -0.2) is 0 Å². The van der Waals surface area contributed by atoms with Crippen LogP contribution in [0.3, 0.4) is 0 Å². The number of nitrogens with one attached hydrogen (secondary N) is 1. The van der Waals surface area contributed by atoms with E-state index < -0.39 is 11.9 Å². The molecule has 0 aromatic rings. The van der Waals surface area contributed by atoms with E-state index in [2.05, 4.69) is 5.32 Å². The molecule has 3 unspecified atom stereocenters. The molecule has 0 saturated carbocycles. The quantitative estimate of drug-likeness (QED) is 0.582. The minimum Gasteiger partial charge on any atom is -0.481 e. The van der Waals surface area contributed by atoms with E-state index in [0.29, 0.717) is 13.0 Å². The minimum absolute atomic E-state index is 0.00253. The fourth-order valence-corrected chi connectivity index (χ4v) is 1.59. The SMILES string of the molecule is CC(N)CCCC(C)C(=O)NCCC(C)C(=O)O. The molecule has 0 aromatic heterocycles. The highest BCUT2D eigenvalue weighted by Crippen LogP contribution is 2.09. The third-order valence-corrected chi connectivity index (χ3v) is 3.04. The maximum absolute atomic E-state index is 11.7. The third kappa shape index (κ3) is 8.06. The average molecular weight is 258 g/mol. The highest BCUT2D eigenvalue weighted by Gasteiger charge is 2.14. The summed E-state index contributed by atoms with van der Waals surface area (Å²) < 4.78 is 0. The number of rotatable bonds is 9. The van der Waals surface area contributed by atoms with Gasteiger partial charge in [-0.2, -0.15) is 0 Å². The van der Waals surface area contributed by atoms with E-state index in [1.807, 2.05) is 13.8 Å². The zero-order chi connectivity index (χ0) is 14.1. The van der Waals surface area contributed by atoms with Crippen molar-refractivity contribution in [2.24, 2.45) is 17.6 Å². The maximum atomic E-state index is 11.7. The van der Waals surface area contributed by atoms with Crippen molar-refractivity contribution in [3.8, 4) is 0 Å². The van der Waals surface area contributed by atoms with Crippen molar-refractivity contribution in [2.75, 3.05) is 6.54 Å². The van der Waals surface area contributed by atoms with Crippen LogP contribution < -0.4 is 11.1 Å². The summed E-state index contributed by atoms with van der Waals surface area (Å²) in [5.41, 5.74) is 5.64. The summed E-state index contributed by atoms with van der Waals surface area (Å²) in [6.07, 6.45) is 3.15. The van der Waals surface area contributed by atoms with Gasteiger partial charge in [-0.15, -0.1) is 0 Å². The van der Waals surface area contributed by atoms with Gasteiger partial charge in [0.15, 0.2) is 0 Å². The lowest BCUT2D eigenvalue weighted by Gasteiger charge is -2.13. The number of amides is 1. The van der Waals surface area contributed by atoms with Crippen molar-refractivity contribution < 1.29 is 14.7 Å². The van der Waals surface area contributed by atoms with Gasteiger partial charge in [0.2, 0.25) is 5.91 Å². The third-order valence-electron chi connectivity index (χ3n) is 3.04. The number of carbonyl (C=O) groups excluding carboxylic acids is 1. The van der Waals surface area contributed by atoms with Crippen LogP contribution in [0.4, 0.5) is 0 Å². The van der Waals surface area contributed by atoms with Crippen LogP contribution in [0.5, 0.6) is 0 Å². The van der Waals surface area contributed by atoms with Gasteiger partial charge >= 0.3 is 5.97 Å². The summed E-state index contributed by atoms with van der Waals surface area (Å²) in [7, 11) is 0. The number of hydrogen-bond acceptors (Lipinski definition) is 3. The van der Waals surface area contributed by atoms with Crippen LogP contribution in [0.1, 0.15) is 46.5 Å². The van der Waals surface area contributed by atoms with Crippen LogP contribution in [0.2, 0.25) is 0 Å². The number of carboxylic acids is 1. The summed E-state index contributed by atoms with van der Waals surface area (Å²) in [6.45, 7) is 5.90. The Bertz CT molecular complexity index is 267. The first kappa shape index (κ1) is 16.9. The van der Waals surface area contributed by atoms with Gasteiger partial charge in [-0.1, -0.05) is 20.3 Å². The first-order chi connectivity index (χ1) is 8.34. The van der Waals surface area contributed by atoms with Crippen molar-refractivity contribution in [1.82, 2.24) is 5.32 Å². The number of carbonyl (C=O) groups is 2. The molecule has 0 bridgehead atoms. The lowest BCUT2D eigenvalue weighted by atomic mass is 10.0. The van der Waals surface area contributed by atoms with Gasteiger partial charge in [0.25, 0.3) is 0 Å². The summed E-state index contributed by atoms with van der Waals surface area (Å²) in [6, 6.07) is 0.177. The Labute approximate surface area is 109 Å². The minimum atomic E-state index is -0.825. The van der Waals surface area contributed by atoms with Crippen LogP contribution in [0.15, 0.2) is 0 Å². The molecule has 0 rings (SSSR count). The van der Waals surface area contributed by atoms with Gasteiger partial charge in [0.1, 0.15) is 0 Å². The largest absolute Gasteiger partial charge is 0.481 e. The molecular formula is C13H26N2O3. The molecule has 5 heteroatoms. The predicted molar refractivity (Wildman–Crippen MR) is 71.1 cm³/mol. The summed E-state index contributed by atoms with van der Waals surface area (Å²) in [4.78, 5) is 22.3. The molecule has 0 fully saturated rings. The summed E-state index contributed by atoms with van der Waals surface area (Å²) in [5, 5.41) is 11.5.